The third-order valence-electron chi connectivity index (χ3n) is 1.41. The predicted molar refractivity (Wildman–Crippen MR) is 53.0 cm³/mol. The summed E-state index contributed by atoms with van der Waals surface area (Å²) in [6.07, 6.45) is 0.193. The monoisotopic (exact) mass is 195 g/mol. The molecule has 68 valence electrons. The van der Waals surface area contributed by atoms with Crippen molar-refractivity contribution in [2.45, 2.75) is 6.42 Å². The lowest BCUT2D eigenvalue weighted by molar-refractivity contribution is -0.134. The molecule has 0 aromatic heterocycles. The molecule has 1 aromatic rings. The minimum atomic E-state index is -0.432. The standard InChI is InChI=1S/C9H9NO2S/c10-9(13)12-8(11)6-7-4-2-1-3-5-7/h1-5H,6H2,(H2,10,13). The molecule has 0 saturated carbocycles. The number of benzene rings is 1. The van der Waals surface area contributed by atoms with Crippen molar-refractivity contribution in [2.24, 2.45) is 5.73 Å². The molecule has 0 saturated heterocycles. The molecule has 0 unspecified atom stereocenters. The van der Waals surface area contributed by atoms with E-state index in [1.165, 1.54) is 0 Å². The van der Waals surface area contributed by atoms with Crippen molar-refractivity contribution in [2.75, 3.05) is 0 Å². The van der Waals surface area contributed by atoms with Crippen LogP contribution in [-0.2, 0) is 16.0 Å². The number of hydrogen-bond donors (Lipinski definition) is 1. The zero-order valence-corrected chi connectivity index (χ0v) is 7.71. The van der Waals surface area contributed by atoms with E-state index in [0.29, 0.717) is 0 Å². The Kier molecular flexibility index (Phi) is 3.40. The zero-order chi connectivity index (χ0) is 9.68. The summed E-state index contributed by atoms with van der Waals surface area (Å²) in [5.41, 5.74) is 5.91. The molecule has 0 aliphatic carbocycles. The number of rotatable bonds is 2. The Morgan fingerprint density at radius 1 is 1.38 bits per heavy atom. The highest BCUT2D eigenvalue weighted by molar-refractivity contribution is 7.80. The molecule has 3 nitrogen and oxygen atoms in total. The van der Waals surface area contributed by atoms with E-state index in [2.05, 4.69) is 17.0 Å². The van der Waals surface area contributed by atoms with Crippen LogP contribution < -0.4 is 5.73 Å². The number of esters is 1. The smallest absolute Gasteiger partial charge is 0.317 e. The highest BCUT2D eigenvalue weighted by Crippen LogP contribution is 2.00. The molecule has 0 aliphatic heterocycles. The van der Waals surface area contributed by atoms with Gasteiger partial charge in [0.1, 0.15) is 0 Å². The molecule has 1 aromatic carbocycles. The van der Waals surface area contributed by atoms with Gasteiger partial charge in [-0.1, -0.05) is 30.3 Å². The van der Waals surface area contributed by atoms with E-state index < -0.39 is 5.97 Å². The number of nitrogens with two attached hydrogens (primary N) is 1. The molecule has 4 heteroatoms. The third-order valence-corrected chi connectivity index (χ3v) is 1.49. The van der Waals surface area contributed by atoms with E-state index >= 15 is 0 Å². The lowest BCUT2D eigenvalue weighted by atomic mass is 10.2. The number of thiocarbonyl (C=S) groups is 1. The molecule has 1 rings (SSSR count). The Hall–Kier alpha value is -1.42. The van der Waals surface area contributed by atoms with E-state index in [1.54, 1.807) is 0 Å². The van der Waals surface area contributed by atoms with Gasteiger partial charge in [0.05, 0.1) is 6.42 Å². The van der Waals surface area contributed by atoms with Gasteiger partial charge in [-0.3, -0.25) is 4.79 Å². The maximum atomic E-state index is 11.0. The first-order valence-electron chi connectivity index (χ1n) is 3.72. The number of ether oxygens (including phenoxy) is 1. The predicted octanol–water partition coefficient (Wildman–Crippen LogP) is 1.02. The van der Waals surface area contributed by atoms with Crippen LogP contribution in [0.3, 0.4) is 0 Å². The van der Waals surface area contributed by atoms with Gasteiger partial charge < -0.3 is 10.5 Å². The van der Waals surface area contributed by atoms with Gasteiger partial charge in [0.25, 0.3) is 5.17 Å². The van der Waals surface area contributed by atoms with Gasteiger partial charge >= 0.3 is 5.97 Å². The number of carbonyl (C=O) groups is 1. The summed E-state index contributed by atoms with van der Waals surface area (Å²) >= 11 is 4.42. The van der Waals surface area contributed by atoms with Gasteiger partial charge in [-0.2, -0.15) is 0 Å². The molecule has 2 N–H and O–H groups in total. The molecule has 0 bridgehead atoms. The largest absolute Gasteiger partial charge is 0.399 e. The first-order chi connectivity index (χ1) is 6.18. The molecular weight excluding hydrogens is 186 g/mol. The van der Waals surface area contributed by atoms with Crippen LogP contribution in [-0.4, -0.2) is 11.1 Å². The molecule has 0 amide bonds. The third kappa shape index (κ3) is 3.66. The molecular formula is C9H9NO2S. The SMILES string of the molecule is NC(=S)OC(=O)Cc1ccccc1. The summed E-state index contributed by atoms with van der Waals surface area (Å²) in [4.78, 5) is 11.0. The highest BCUT2D eigenvalue weighted by atomic mass is 32.1. The fraction of sp³-hybridized carbons (Fsp3) is 0.111. The van der Waals surface area contributed by atoms with Crippen LogP contribution in [0, 0.1) is 0 Å². The number of hydrogen-bond acceptors (Lipinski definition) is 3. The fourth-order valence-electron chi connectivity index (χ4n) is 0.911. The summed E-state index contributed by atoms with van der Waals surface area (Å²) in [5, 5.41) is -0.235. The van der Waals surface area contributed by atoms with Gasteiger partial charge in [0, 0.05) is 0 Å². The van der Waals surface area contributed by atoms with E-state index in [9.17, 15) is 4.79 Å². The Morgan fingerprint density at radius 3 is 2.54 bits per heavy atom. The van der Waals surface area contributed by atoms with Crippen molar-refractivity contribution in [3.8, 4) is 0 Å². The van der Waals surface area contributed by atoms with Gasteiger partial charge in [0.15, 0.2) is 0 Å². The average molecular weight is 195 g/mol. The van der Waals surface area contributed by atoms with Crippen molar-refractivity contribution in [3.05, 3.63) is 35.9 Å². The average Bonchev–Trinajstić information content (AvgIpc) is 2.04. The van der Waals surface area contributed by atoms with Crippen molar-refractivity contribution in [3.63, 3.8) is 0 Å². The van der Waals surface area contributed by atoms with Gasteiger partial charge in [-0.25, -0.2) is 0 Å². The van der Waals surface area contributed by atoms with Crippen LogP contribution in [0.15, 0.2) is 30.3 Å². The van der Waals surface area contributed by atoms with Crippen molar-refractivity contribution in [1.29, 1.82) is 0 Å². The Morgan fingerprint density at radius 2 is 2.00 bits per heavy atom. The van der Waals surface area contributed by atoms with Crippen molar-refractivity contribution >= 4 is 23.4 Å². The number of carbonyl (C=O) groups excluding carboxylic acids is 1. The van der Waals surface area contributed by atoms with Gasteiger partial charge in [0.2, 0.25) is 0 Å². The molecule has 0 radical (unpaired) electrons. The summed E-state index contributed by atoms with van der Waals surface area (Å²) in [7, 11) is 0. The van der Waals surface area contributed by atoms with Crippen molar-refractivity contribution < 1.29 is 9.53 Å². The maximum absolute atomic E-state index is 11.0. The summed E-state index contributed by atoms with van der Waals surface area (Å²) in [6.45, 7) is 0. The highest BCUT2D eigenvalue weighted by Gasteiger charge is 2.04. The van der Waals surface area contributed by atoms with Crippen LogP contribution in [0.1, 0.15) is 5.56 Å². The topological polar surface area (TPSA) is 52.3 Å². The van der Waals surface area contributed by atoms with E-state index in [1.807, 2.05) is 30.3 Å². The van der Waals surface area contributed by atoms with Gasteiger partial charge in [-0.15, -0.1) is 0 Å². The van der Waals surface area contributed by atoms with E-state index in [0.717, 1.165) is 5.56 Å². The molecule has 0 fully saturated rings. The van der Waals surface area contributed by atoms with Crippen molar-refractivity contribution in [1.82, 2.24) is 0 Å². The Balaban J connectivity index is 2.50. The Labute approximate surface area is 81.5 Å². The van der Waals surface area contributed by atoms with E-state index in [-0.39, 0.29) is 11.6 Å². The minimum absolute atomic E-state index is 0.193. The van der Waals surface area contributed by atoms with Crippen LogP contribution in [0.2, 0.25) is 0 Å². The summed E-state index contributed by atoms with van der Waals surface area (Å²) in [6, 6.07) is 9.25. The molecule has 0 spiro atoms. The molecule has 0 heterocycles. The lowest BCUT2D eigenvalue weighted by Gasteiger charge is -2.00. The fourth-order valence-corrected chi connectivity index (χ4v) is 1.00. The molecule has 0 aliphatic rings. The summed E-state index contributed by atoms with van der Waals surface area (Å²) in [5.74, 6) is -0.432. The summed E-state index contributed by atoms with van der Waals surface area (Å²) < 4.78 is 4.52. The van der Waals surface area contributed by atoms with Gasteiger partial charge in [-0.05, 0) is 17.8 Å². The molecule has 0 atom stereocenters. The Bertz CT molecular complexity index is 311. The maximum Gasteiger partial charge on any atom is 0.317 e. The van der Waals surface area contributed by atoms with Crippen LogP contribution in [0.4, 0.5) is 0 Å². The van der Waals surface area contributed by atoms with Crippen LogP contribution >= 0.6 is 12.2 Å². The minimum Gasteiger partial charge on any atom is -0.399 e. The zero-order valence-electron chi connectivity index (χ0n) is 6.90. The van der Waals surface area contributed by atoms with Crippen LogP contribution in [0.25, 0.3) is 0 Å². The quantitative estimate of drug-likeness (QED) is 0.565. The second-order valence-electron chi connectivity index (χ2n) is 2.46. The molecule has 13 heavy (non-hydrogen) atoms. The normalized spacial score (nSPS) is 9.23. The first kappa shape index (κ1) is 9.67. The van der Waals surface area contributed by atoms with E-state index in [4.69, 9.17) is 5.73 Å². The lowest BCUT2D eigenvalue weighted by Crippen LogP contribution is -2.19. The first-order valence-corrected chi connectivity index (χ1v) is 4.13. The second-order valence-corrected chi connectivity index (χ2v) is 2.86. The second kappa shape index (κ2) is 4.57. The van der Waals surface area contributed by atoms with Crippen LogP contribution in [0.5, 0.6) is 0 Å².